The van der Waals surface area contributed by atoms with Crippen LogP contribution in [0.4, 0.5) is 13.2 Å². The Bertz CT molecular complexity index is 241. The summed E-state index contributed by atoms with van der Waals surface area (Å²) in [4.78, 5) is 0. The molecular formula is C4H6F3NO2S. The fraction of sp³-hybridized carbons (Fsp3) is 1.00. The molecule has 1 saturated carbocycles. The van der Waals surface area contributed by atoms with E-state index < -0.39 is 21.6 Å². The summed E-state index contributed by atoms with van der Waals surface area (Å²) >= 11 is 0. The van der Waals surface area contributed by atoms with E-state index in [1.807, 2.05) is 0 Å². The van der Waals surface area contributed by atoms with Gasteiger partial charge in [0.1, 0.15) is 0 Å². The van der Waals surface area contributed by atoms with E-state index in [0.717, 1.165) is 0 Å². The van der Waals surface area contributed by atoms with Crippen molar-refractivity contribution in [1.29, 1.82) is 0 Å². The van der Waals surface area contributed by atoms with E-state index in [-0.39, 0.29) is 0 Å². The standard InChI is InChI=1S/C4H6F3NO2S/c5-4(6,7)8-11(9,10)3-1-2-3/h3,8H,1-2H2. The Morgan fingerprint density at radius 1 is 1.27 bits per heavy atom. The molecule has 1 aliphatic carbocycles. The van der Waals surface area contributed by atoms with E-state index >= 15 is 0 Å². The second-order valence-corrected chi connectivity index (χ2v) is 4.30. The lowest BCUT2D eigenvalue weighted by Gasteiger charge is -2.07. The summed E-state index contributed by atoms with van der Waals surface area (Å²) < 4.78 is 56.1. The molecule has 0 bridgehead atoms. The minimum Gasteiger partial charge on any atom is -0.212 e. The smallest absolute Gasteiger partial charge is 0.212 e. The van der Waals surface area contributed by atoms with Gasteiger partial charge in [-0.2, -0.15) is 13.2 Å². The van der Waals surface area contributed by atoms with Gasteiger partial charge in [0.05, 0.1) is 5.25 Å². The highest BCUT2D eigenvalue weighted by Crippen LogP contribution is 2.29. The van der Waals surface area contributed by atoms with Crippen LogP contribution in [0.5, 0.6) is 0 Å². The highest BCUT2D eigenvalue weighted by Gasteiger charge is 2.43. The fourth-order valence-corrected chi connectivity index (χ4v) is 1.87. The summed E-state index contributed by atoms with van der Waals surface area (Å²) in [6.45, 7) is 0. The quantitative estimate of drug-likeness (QED) is 0.646. The molecular weight excluding hydrogens is 183 g/mol. The van der Waals surface area contributed by atoms with E-state index in [0.29, 0.717) is 17.6 Å². The van der Waals surface area contributed by atoms with Gasteiger partial charge in [-0.05, 0) is 12.8 Å². The van der Waals surface area contributed by atoms with Gasteiger partial charge in [-0.3, -0.25) is 0 Å². The molecule has 0 aromatic heterocycles. The van der Waals surface area contributed by atoms with Crippen LogP contribution in [0, 0.1) is 0 Å². The molecule has 0 radical (unpaired) electrons. The average molecular weight is 189 g/mol. The summed E-state index contributed by atoms with van der Waals surface area (Å²) in [5.74, 6) is 0. The highest BCUT2D eigenvalue weighted by atomic mass is 32.2. The normalized spacial score (nSPS) is 20.3. The van der Waals surface area contributed by atoms with Gasteiger partial charge in [-0.25, -0.2) is 8.42 Å². The largest absolute Gasteiger partial charge is 0.470 e. The van der Waals surface area contributed by atoms with Crippen LogP contribution in [-0.4, -0.2) is 20.0 Å². The second-order valence-electron chi connectivity index (χ2n) is 2.34. The summed E-state index contributed by atoms with van der Waals surface area (Å²) in [6.07, 6.45) is -4.18. The molecule has 3 nitrogen and oxygen atoms in total. The maximum atomic E-state index is 11.4. The zero-order valence-electron chi connectivity index (χ0n) is 5.35. The van der Waals surface area contributed by atoms with Crippen molar-refractivity contribution in [3.8, 4) is 0 Å². The molecule has 7 heteroatoms. The van der Waals surface area contributed by atoms with E-state index in [1.165, 1.54) is 0 Å². The topological polar surface area (TPSA) is 46.2 Å². The monoisotopic (exact) mass is 189 g/mol. The minimum atomic E-state index is -4.83. The lowest BCUT2D eigenvalue weighted by atomic mass is 11.0. The Balaban J connectivity index is 2.60. The molecule has 0 atom stereocenters. The molecule has 0 saturated heterocycles. The Morgan fingerprint density at radius 2 is 1.73 bits per heavy atom. The third-order valence-corrected chi connectivity index (χ3v) is 3.09. The van der Waals surface area contributed by atoms with E-state index in [4.69, 9.17) is 0 Å². The summed E-state index contributed by atoms with van der Waals surface area (Å²) in [5.41, 5.74) is 0. The van der Waals surface area contributed by atoms with Crippen LogP contribution < -0.4 is 4.72 Å². The van der Waals surface area contributed by atoms with Gasteiger partial charge >= 0.3 is 6.30 Å². The van der Waals surface area contributed by atoms with Gasteiger partial charge in [0.2, 0.25) is 10.0 Å². The molecule has 0 spiro atoms. The lowest BCUT2D eigenvalue weighted by Crippen LogP contribution is -2.39. The lowest BCUT2D eigenvalue weighted by molar-refractivity contribution is -0.138. The van der Waals surface area contributed by atoms with E-state index in [9.17, 15) is 21.6 Å². The molecule has 1 fully saturated rings. The maximum Gasteiger partial charge on any atom is 0.470 e. The van der Waals surface area contributed by atoms with Gasteiger partial charge in [0.25, 0.3) is 0 Å². The Kier molecular flexibility index (Phi) is 1.87. The van der Waals surface area contributed by atoms with Gasteiger partial charge in [0, 0.05) is 0 Å². The number of nitrogens with one attached hydrogen (secondary N) is 1. The zero-order valence-corrected chi connectivity index (χ0v) is 6.17. The number of halogens is 3. The van der Waals surface area contributed by atoms with Crippen molar-refractivity contribution in [1.82, 2.24) is 4.72 Å². The number of sulfonamides is 1. The molecule has 0 amide bonds. The van der Waals surface area contributed by atoms with Crippen LogP contribution >= 0.6 is 0 Å². The van der Waals surface area contributed by atoms with Crippen LogP contribution in [0.1, 0.15) is 12.8 Å². The first-order valence-corrected chi connectivity index (χ1v) is 4.45. The SMILES string of the molecule is O=S(=O)(NC(F)(F)F)C1CC1. The fourth-order valence-electron chi connectivity index (χ4n) is 0.623. The third-order valence-electron chi connectivity index (χ3n) is 1.22. The molecule has 0 aromatic rings. The summed E-state index contributed by atoms with van der Waals surface area (Å²) in [7, 11) is -4.12. The first-order chi connectivity index (χ1) is 4.81. The first-order valence-electron chi connectivity index (χ1n) is 2.91. The van der Waals surface area contributed by atoms with Crippen LogP contribution in [0.3, 0.4) is 0 Å². The Labute approximate surface area is 61.6 Å². The molecule has 1 rings (SSSR count). The minimum absolute atomic E-state index is 0.325. The molecule has 1 aliphatic rings. The van der Waals surface area contributed by atoms with Crippen molar-refractivity contribution < 1.29 is 21.6 Å². The van der Waals surface area contributed by atoms with Crippen LogP contribution in [0.2, 0.25) is 0 Å². The zero-order chi connectivity index (χ0) is 8.70. The number of hydrogen-bond acceptors (Lipinski definition) is 2. The summed E-state index contributed by atoms with van der Waals surface area (Å²) in [6, 6.07) is 0. The van der Waals surface area contributed by atoms with Crippen molar-refractivity contribution in [2.45, 2.75) is 24.4 Å². The van der Waals surface area contributed by atoms with Crippen molar-refractivity contribution >= 4 is 10.0 Å². The van der Waals surface area contributed by atoms with Crippen LogP contribution in [-0.2, 0) is 10.0 Å². The van der Waals surface area contributed by atoms with E-state index in [2.05, 4.69) is 0 Å². The van der Waals surface area contributed by atoms with E-state index in [1.54, 1.807) is 0 Å². The van der Waals surface area contributed by atoms with Crippen molar-refractivity contribution in [2.75, 3.05) is 0 Å². The Morgan fingerprint density at radius 3 is 2.00 bits per heavy atom. The second kappa shape index (κ2) is 2.34. The molecule has 0 heterocycles. The maximum absolute atomic E-state index is 11.4. The van der Waals surface area contributed by atoms with Gasteiger partial charge < -0.3 is 0 Å². The predicted octanol–water partition coefficient (Wildman–Crippen LogP) is 0.588. The van der Waals surface area contributed by atoms with Crippen molar-refractivity contribution in [3.05, 3.63) is 0 Å². The third kappa shape index (κ3) is 2.66. The molecule has 1 N–H and O–H groups in total. The van der Waals surface area contributed by atoms with Crippen LogP contribution in [0.15, 0.2) is 0 Å². The highest BCUT2D eigenvalue weighted by molar-refractivity contribution is 7.90. The molecule has 0 unspecified atom stereocenters. The molecule has 11 heavy (non-hydrogen) atoms. The van der Waals surface area contributed by atoms with Gasteiger partial charge in [0.15, 0.2) is 0 Å². The summed E-state index contributed by atoms with van der Waals surface area (Å²) in [5, 5.41) is -0.830. The van der Waals surface area contributed by atoms with Crippen molar-refractivity contribution in [2.24, 2.45) is 0 Å². The van der Waals surface area contributed by atoms with Crippen LogP contribution in [0.25, 0.3) is 0 Å². The average Bonchev–Trinajstić information content (AvgIpc) is 2.30. The predicted molar refractivity (Wildman–Crippen MR) is 31.1 cm³/mol. The first kappa shape index (κ1) is 8.79. The number of alkyl halides is 3. The Hall–Kier alpha value is -0.300. The van der Waals surface area contributed by atoms with Crippen molar-refractivity contribution in [3.63, 3.8) is 0 Å². The number of hydrogen-bond donors (Lipinski definition) is 1. The number of rotatable bonds is 2. The van der Waals surface area contributed by atoms with Gasteiger partial charge in [-0.1, -0.05) is 0 Å². The van der Waals surface area contributed by atoms with Gasteiger partial charge in [-0.15, -0.1) is 4.72 Å². The molecule has 66 valence electrons. The molecule has 0 aromatic carbocycles. The molecule has 0 aliphatic heterocycles.